The number of ether oxygens (including phenoxy) is 1. The molecule has 1 aromatic heterocycles. The van der Waals surface area contributed by atoms with Crippen molar-refractivity contribution in [3.05, 3.63) is 70.4 Å². The largest absolute Gasteiger partial charge is 0.485 e. The van der Waals surface area contributed by atoms with Crippen molar-refractivity contribution >= 4 is 5.97 Å². The summed E-state index contributed by atoms with van der Waals surface area (Å²) >= 11 is 0. The summed E-state index contributed by atoms with van der Waals surface area (Å²) in [4.78, 5) is 10.9. The number of nitrogens with zero attached hydrogens (tertiary/aromatic N) is 1. The quantitative estimate of drug-likeness (QED) is 0.634. The summed E-state index contributed by atoms with van der Waals surface area (Å²) in [6.45, 7) is 3.61. The fourth-order valence-electron chi connectivity index (χ4n) is 3.93. The number of aliphatic hydroxyl groups is 1. The summed E-state index contributed by atoms with van der Waals surface area (Å²) in [5.74, 6) is -0.278. The number of benzene rings is 2. The number of hydrogen-bond acceptors (Lipinski definition) is 5. The molecule has 1 unspecified atom stereocenters. The minimum Gasteiger partial charge on any atom is -0.485 e. The maximum atomic E-state index is 15.0. The van der Waals surface area contributed by atoms with E-state index in [1.165, 1.54) is 6.07 Å². The number of aromatic nitrogens is 1. The number of hydrogen-bond donors (Lipinski definition) is 2. The molecule has 0 saturated heterocycles. The first-order chi connectivity index (χ1) is 14.3. The minimum absolute atomic E-state index is 0.372. The number of carbonyl (C=O) groups is 1. The van der Waals surface area contributed by atoms with Gasteiger partial charge in [0.1, 0.15) is 23.4 Å². The Morgan fingerprint density at radius 2 is 2.07 bits per heavy atom. The Labute approximate surface area is 172 Å². The SMILES string of the molecule is Cc1noc(C)c1-c1ccc(C2CCc3ccc([C@H](O)CC(=O)O)cc3O2)c(F)c1. The van der Waals surface area contributed by atoms with Crippen LogP contribution in [0.15, 0.2) is 40.9 Å². The molecule has 3 aromatic rings. The Hall–Kier alpha value is -3.19. The molecule has 156 valence electrons. The van der Waals surface area contributed by atoms with Crippen LogP contribution in [0.3, 0.4) is 0 Å². The molecule has 0 radical (unpaired) electrons. The number of rotatable bonds is 5. The summed E-state index contributed by atoms with van der Waals surface area (Å²) in [5.41, 5.74) is 4.05. The van der Waals surface area contributed by atoms with Crippen molar-refractivity contribution in [2.75, 3.05) is 0 Å². The van der Waals surface area contributed by atoms with Crippen LogP contribution >= 0.6 is 0 Å². The van der Waals surface area contributed by atoms with E-state index in [0.717, 1.165) is 11.1 Å². The number of aryl methyl sites for hydroxylation is 3. The van der Waals surface area contributed by atoms with Crippen molar-refractivity contribution in [3.63, 3.8) is 0 Å². The van der Waals surface area contributed by atoms with Crippen molar-refractivity contribution < 1.29 is 28.7 Å². The van der Waals surface area contributed by atoms with Gasteiger partial charge in [-0.3, -0.25) is 4.79 Å². The van der Waals surface area contributed by atoms with E-state index in [2.05, 4.69) is 5.16 Å². The van der Waals surface area contributed by atoms with Gasteiger partial charge in [0.25, 0.3) is 0 Å². The molecule has 2 N–H and O–H groups in total. The molecule has 4 rings (SSSR count). The van der Waals surface area contributed by atoms with Gasteiger partial charge in [-0.05, 0) is 55.5 Å². The Balaban J connectivity index is 1.59. The number of carboxylic acid groups (broad SMARTS) is 1. The van der Waals surface area contributed by atoms with Crippen LogP contribution in [0.5, 0.6) is 5.75 Å². The summed E-state index contributed by atoms with van der Waals surface area (Å²) in [6.07, 6.45) is -0.669. The first kappa shape index (κ1) is 20.1. The van der Waals surface area contributed by atoms with Crippen molar-refractivity contribution in [1.29, 1.82) is 0 Å². The zero-order chi connectivity index (χ0) is 21.4. The molecule has 1 aliphatic heterocycles. The summed E-state index contributed by atoms with van der Waals surface area (Å²) < 4.78 is 26.2. The first-order valence-corrected chi connectivity index (χ1v) is 9.75. The van der Waals surface area contributed by atoms with Crippen LogP contribution < -0.4 is 4.74 Å². The molecular weight excluding hydrogens is 389 g/mol. The Morgan fingerprint density at radius 3 is 2.73 bits per heavy atom. The highest BCUT2D eigenvalue weighted by molar-refractivity contribution is 5.68. The second-order valence-corrected chi connectivity index (χ2v) is 7.56. The van der Waals surface area contributed by atoms with Crippen molar-refractivity contribution in [2.45, 2.75) is 45.3 Å². The van der Waals surface area contributed by atoms with Crippen LogP contribution in [0.1, 0.15) is 53.2 Å². The Bertz CT molecular complexity index is 1090. The highest BCUT2D eigenvalue weighted by atomic mass is 19.1. The third kappa shape index (κ3) is 3.80. The molecule has 2 atom stereocenters. The van der Waals surface area contributed by atoms with Gasteiger partial charge in [-0.2, -0.15) is 0 Å². The molecule has 0 aliphatic carbocycles. The Kier molecular flexibility index (Phi) is 5.30. The van der Waals surface area contributed by atoms with Gasteiger partial charge in [0, 0.05) is 11.1 Å². The van der Waals surface area contributed by atoms with E-state index in [-0.39, 0.29) is 12.2 Å². The molecule has 7 heteroatoms. The van der Waals surface area contributed by atoms with E-state index >= 15 is 0 Å². The van der Waals surface area contributed by atoms with Crippen molar-refractivity contribution in [3.8, 4) is 16.9 Å². The zero-order valence-electron chi connectivity index (χ0n) is 16.7. The van der Waals surface area contributed by atoms with E-state index in [1.807, 2.05) is 19.1 Å². The topological polar surface area (TPSA) is 92.8 Å². The fourth-order valence-corrected chi connectivity index (χ4v) is 3.93. The molecule has 0 saturated carbocycles. The van der Waals surface area contributed by atoms with Crippen LogP contribution in [0.2, 0.25) is 0 Å². The zero-order valence-corrected chi connectivity index (χ0v) is 16.7. The molecule has 0 spiro atoms. The van der Waals surface area contributed by atoms with Gasteiger partial charge >= 0.3 is 5.97 Å². The van der Waals surface area contributed by atoms with E-state index in [1.54, 1.807) is 25.1 Å². The molecular formula is C23H22FNO5. The van der Waals surface area contributed by atoms with Gasteiger partial charge in [0.2, 0.25) is 0 Å². The average Bonchev–Trinajstić information content (AvgIpc) is 3.04. The number of carboxylic acids is 1. The molecule has 2 heterocycles. The van der Waals surface area contributed by atoms with E-state index < -0.39 is 18.2 Å². The Morgan fingerprint density at radius 1 is 1.27 bits per heavy atom. The van der Waals surface area contributed by atoms with Gasteiger partial charge in [-0.25, -0.2) is 4.39 Å². The molecule has 6 nitrogen and oxygen atoms in total. The normalized spacial score (nSPS) is 16.6. The summed E-state index contributed by atoms with van der Waals surface area (Å²) in [7, 11) is 0. The van der Waals surface area contributed by atoms with E-state index in [9.17, 15) is 14.3 Å². The predicted molar refractivity (Wildman–Crippen MR) is 107 cm³/mol. The number of aliphatic carboxylic acids is 1. The summed E-state index contributed by atoms with van der Waals surface area (Å²) in [6, 6.07) is 10.2. The molecule has 0 amide bonds. The number of aliphatic hydroxyl groups excluding tert-OH is 1. The lowest BCUT2D eigenvalue weighted by atomic mass is 9.93. The van der Waals surface area contributed by atoms with E-state index in [0.29, 0.717) is 46.7 Å². The van der Waals surface area contributed by atoms with Crippen molar-refractivity contribution in [2.24, 2.45) is 0 Å². The van der Waals surface area contributed by atoms with Crippen LogP contribution in [0.25, 0.3) is 11.1 Å². The van der Waals surface area contributed by atoms with Gasteiger partial charge in [0.15, 0.2) is 0 Å². The lowest BCUT2D eigenvalue weighted by Crippen LogP contribution is -2.17. The van der Waals surface area contributed by atoms with Crippen LogP contribution in [0.4, 0.5) is 4.39 Å². The average molecular weight is 411 g/mol. The molecule has 1 aliphatic rings. The smallest absolute Gasteiger partial charge is 0.306 e. The predicted octanol–water partition coefficient (Wildman–Crippen LogP) is 4.67. The third-order valence-electron chi connectivity index (χ3n) is 5.46. The monoisotopic (exact) mass is 411 g/mol. The standard InChI is InChI=1S/C23H22FNO5/c1-12-23(13(2)30-25-12)16-5-7-17(18(24)9-16)20-8-6-14-3-4-15(10-21(14)29-20)19(26)11-22(27)28/h3-5,7,9-10,19-20,26H,6,8,11H2,1-2H3,(H,27,28)/t19-,20?/m1/s1. The second-order valence-electron chi connectivity index (χ2n) is 7.56. The maximum Gasteiger partial charge on any atom is 0.306 e. The maximum absolute atomic E-state index is 15.0. The molecule has 2 aromatic carbocycles. The highest BCUT2D eigenvalue weighted by Gasteiger charge is 2.26. The van der Waals surface area contributed by atoms with Crippen molar-refractivity contribution in [1.82, 2.24) is 5.16 Å². The van der Waals surface area contributed by atoms with Gasteiger partial charge in [0.05, 0.1) is 18.2 Å². The van der Waals surface area contributed by atoms with Crippen LogP contribution in [-0.2, 0) is 11.2 Å². The fraction of sp³-hybridized carbons (Fsp3) is 0.304. The number of halogens is 1. The molecule has 0 bridgehead atoms. The lowest BCUT2D eigenvalue weighted by molar-refractivity contribution is -0.139. The second kappa shape index (κ2) is 7.91. The lowest BCUT2D eigenvalue weighted by Gasteiger charge is -2.27. The minimum atomic E-state index is -1.12. The van der Waals surface area contributed by atoms with E-state index in [4.69, 9.17) is 14.4 Å². The third-order valence-corrected chi connectivity index (χ3v) is 5.46. The van der Waals surface area contributed by atoms with Gasteiger partial charge in [-0.15, -0.1) is 0 Å². The van der Waals surface area contributed by atoms with Gasteiger partial charge < -0.3 is 19.5 Å². The first-order valence-electron chi connectivity index (χ1n) is 9.75. The van der Waals surface area contributed by atoms with Crippen LogP contribution in [0, 0.1) is 19.7 Å². The number of fused-ring (bicyclic) bond motifs is 1. The van der Waals surface area contributed by atoms with Gasteiger partial charge in [-0.1, -0.05) is 29.4 Å². The molecule has 0 fully saturated rings. The summed E-state index contributed by atoms with van der Waals surface area (Å²) in [5, 5.41) is 22.9. The highest BCUT2D eigenvalue weighted by Crippen LogP contribution is 2.38. The van der Waals surface area contributed by atoms with Crippen LogP contribution in [-0.4, -0.2) is 21.3 Å². The molecule has 30 heavy (non-hydrogen) atoms.